The maximum absolute atomic E-state index is 13.3. The molecule has 0 atom stereocenters. The van der Waals surface area contributed by atoms with Crippen LogP contribution in [-0.4, -0.2) is 23.1 Å². The van der Waals surface area contributed by atoms with Gasteiger partial charge in [0, 0.05) is 0 Å². The van der Waals surface area contributed by atoms with Crippen LogP contribution in [0.2, 0.25) is 0 Å². The van der Waals surface area contributed by atoms with E-state index in [9.17, 15) is 13.6 Å². The monoisotopic (exact) mass is 324 g/mol. The normalized spacial score (nSPS) is 37.8. The van der Waals surface area contributed by atoms with E-state index in [0.29, 0.717) is 11.8 Å². The molecule has 4 saturated carbocycles. The fourth-order valence-electron chi connectivity index (χ4n) is 4.66. The first-order valence-corrected chi connectivity index (χ1v) is 7.94. The van der Waals surface area contributed by atoms with Crippen LogP contribution in [0.4, 0.5) is 8.78 Å². The summed E-state index contributed by atoms with van der Waals surface area (Å²) >= 11 is -0.578. The van der Waals surface area contributed by atoms with E-state index in [1.54, 1.807) is 0 Å². The Labute approximate surface area is 125 Å². The molecule has 0 radical (unpaired) electrons. The van der Waals surface area contributed by atoms with E-state index in [-0.39, 0.29) is 12.5 Å². The van der Waals surface area contributed by atoms with Crippen LogP contribution in [0.1, 0.15) is 32.1 Å². The number of hydrogen-bond acceptors (Lipinski definition) is 6. The van der Waals surface area contributed by atoms with Gasteiger partial charge in [0.1, 0.15) is 12.0 Å². The van der Waals surface area contributed by atoms with Gasteiger partial charge in [0.25, 0.3) is 0 Å². The summed E-state index contributed by atoms with van der Waals surface area (Å²) in [5.74, 6) is 1.13. The first-order chi connectivity index (χ1) is 9.99. The SMILES string of the molecule is O=C(OCC1C2CC3CC(C2)CC1C3)C(F)(F)SOOO. The van der Waals surface area contributed by atoms with Crippen molar-refractivity contribution >= 4 is 18.0 Å². The Hall–Kier alpha value is -0.440. The topological polar surface area (TPSA) is 65.0 Å². The van der Waals surface area contributed by atoms with Crippen LogP contribution < -0.4 is 0 Å². The molecule has 0 heterocycles. The van der Waals surface area contributed by atoms with Crippen molar-refractivity contribution in [2.75, 3.05) is 6.61 Å². The van der Waals surface area contributed by atoms with Crippen LogP contribution in [0.5, 0.6) is 0 Å². The van der Waals surface area contributed by atoms with E-state index in [0.717, 1.165) is 37.5 Å². The molecule has 0 aromatic rings. The second kappa shape index (κ2) is 5.98. The Morgan fingerprint density at radius 1 is 1.14 bits per heavy atom. The van der Waals surface area contributed by atoms with Gasteiger partial charge in [-0.25, -0.2) is 10.1 Å². The van der Waals surface area contributed by atoms with Gasteiger partial charge in [0.2, 0.25) is 0 Å². The van der Waals surface area contributed by atoms with Gasteiger partial charge in [-0.1, -0.05) is 5.04 Å². The second-order valence-electron chi connectivity index (χ2n) is 6.44. The Kier molecular flexibility index (Phi) is 4.40. The molecule has 5 nitrogen and oxygen atoms in total. The van der Waals surface area contributed by atoms with Crippen molar-refractivity contribution < 1.29 is 32.9 Å². The van der Waals surface area contributed by atoms with Gasteiger partial charge in [-0.2, -0.15) is 8.78 Å². The van der Waals surface area contributed by atoms with Gasteiger partial charge < -0.3 is 4.74 Å². The van der Waals surface area contributed by atoms with Crippen LogP contribution in [0.3, 0.4) is 0 Å². The molecule has 21 heavy (non-hydrogen) atoms. The minimum Gasteiger partial charge on any atom is -0.460 e. The maximum atomic E-state index is 13.3. The summed E-state index contributed by atoms with van der Waals surface area (Å²) in [6.45, 7) is 0.0454. The molecule has 0 aromatic heterocycles. The number of rotatable bonds is 6. The molecule has 0 amide bonds. The van der Waals surface area contributed by atoms with Crippen LogP contribution in [0.15, 0.2) is 0 Å². The number of carbonyl (C=O) groups excluding carboxylic acids is 1. The van der Waals surface area contributed by atoms with E-state index >= 15 is 0 Å². The van der Waals surface area contributed by atoms with Crippen molar-refractivity contribution in [3.63, 3.8) is 0 Å². The lowest BCUT2D eigenvalue weighted by molar-refractivity contribution is -0.433. The van der Waals surface area contributed by atoms with Crippen LogP contribution in [0, 0.1) is 29.6 Å². The summed E-state index contributed by atoms with van der Waals surface area (Å²) in [6.07, 6.45) is 5.88. The predicted molar refractivity (Wildman–Crippen MR) is 68.8 cm³/mol. The van der Waals surface area contributed by atoms with E-state index < -0.39 is 23.3 Å². The highest BCUT2D eigenvalue weighted by molar-refractivity contribution is 7.96. The second-order valence-corrected chi connectivity index (χ2v) is 7.25. The average molecular weight is 324 g/mol. The molecule has 4 bridgehead atoms. The Morgan fingerprint density at radius 3 is 2.24 bits per heavy atom. The van der Waals surface area contributed by atoms with Crippen LogP contribution in [0.25, 0.3) is 0 Å². The first-order valence-electron chi connectivity index (χ1n) is 7.20. The largest absolute Gasteiger partial charge is 0.460 e. The standard InChI is InChI=1S/C13H18F2O5S/c14-13(15,21-20-19-17)12(16)18-6-11-9-2-7-1-8(4-9)5-10(11)3-7/h7-11,17H,1-6H2. The highest BCUT2D eigenvalue weighted by Crippen LogP contribution is 2.56. The van der Waals surface area contributed by atoms with Crippen molar-refractivity contribution in [1.82, 2.24) is 0 Å². The Morgan fingerprint density at radius 2 is 1.71 bits per heavy atom. The summed E-state index contributed by atoms with van der Waals surface area (Å²) in [7, 11) is 0. The van der Waals surface area contributed by atoms with Crippen molar-refractivity contribution in [3.8, 4) is 0 Å². The highest BCUT2D eigenvalue weighted by Gasteiger charge is 2.50. The fraction of sp³-hybridized carbons (Fsp3) is 0.923. The lowest BCUT2D eigenvalue weighted by Crippen LogP contribution is -2.47. The van der Waals surface area contributed by atoms with E-state index in [4.69, 9.17) is 9.99 Å². The number of hydrogen-bond donors (Lipinski definition) is 1. The number of carbonyl (C=O) groups is 1. The van der Waals surface area contributed by atoms with Crippen molar-refractivity contribution in [1.29, 1.82) is 0 Å². The van der Waals surface area contributed by atoms with Crippen molar-refractivity contribution in [2.45, 2.75) is 37.4 Å². The first kappa shape index (κ1) is 15.5. The smallest absolute Gasteiger partial charge is 0.415 e. The molecule has 0 unspecified atom stereocenters. The van der Waals surface area contributed by atoms with Crippen LogP contribution in [-0.2, 0) is 18.9 Å². The summed E-state index contributed by atoms with van der Waals surface area (Å²) in [5, 5.41) is 7.04. The lowest BCUT2D eigenvalue weighted by Gasteiger charge is -2.54. The number of halogens is 2. The summed E-state index contributed by atoms with van der Waals surface area (Å²) in [6, 6.07) is 0. The van der Waals surface area contributed by atoms with Crippen molar-refractivity contribution in [3.05, 3.63) is 0 Å². The molecular weight excluding hydrogens is 306 g/mol. The lowest BCUT2D eigenvalue weighted by atomic mass is 9.52. The number of ether oxygens (including phenoxy) is 1. The molecule has 4 aliphatic carbocycles. The van der Waals surface area contributed by atoms with Gasteiger partial charge in [-0.15, -0.1) is 4.33 Å². The molecule has 4 rings (SSSR count). The molecule has 4 aliphatic rings. The van der Waals surface area contributed by atoms with Gasteiger partial charge in [-0.3, -0.25) is 0 Å². The van der Waals surface area contributed by atoms with Gasteiger partial charge >= 0.3 is 11.2 Å². The molecule has 0 spiro atoms. The van der Waals surface area contributed by atoms with E-state index in [2.05, 4.69) is 9.37 Å². The third kappa shape index (κ3) is 3.18. The minimum atomic E-state index is -3.89. The van der Waals surface area contributed by atoms with Gasteiger partial charge in [-0.05, 0) is 61.7 Å². The van der Waals surface area contributed by atoms with Crippen molar-refractivity contribution in [2.24, 2.45) is 29.6 Å². The molecule has 0 aromatic carbocycles. The fourth-order valence-corrected chi connectivity index (χ4v) is 4.90. The molecule has 1 N–H and O–H groups in total. The molecule has 0 aliphatic heterocycles. The van der Waals surface area contributed by atoms with Crippen LogP contribution >= 0.6 is 12.0 Å². The summed E-state index contributed by atoms with van der Waals surface area (Å²) in [5.41, 5.74) is 0. The zero-order valence-corrected chi connectivity index (χ0v) is 12.2. The third-order valence-corrected chi connectivity index (χ3v) is 5.74. The Bertz CT molecular complexity index is 378. The number of alkyl halides is 2. The maximum Gasteiger partial charge on any atom is 0.415 e. The zero-order valence-electron chi connectivity index (χ0n) is 11.4. The molecule has 0 saturated heterocycles. The molecule has 8 heteroatoms. The summed E-state index contributed by atoms with van der Waals surface area (Å²) in [4.78, 5) is 11.4. The van der Waals surface area contributed by atoms with Gasteiger partial charge in [0.05, 0.1) is 6.61 Å². The molecule has 120 valence electrons. The molecular formula is C13H18F2O5S. The van der Waals surface area contributed by atoms with E-state index in [1.165, 1.54) is 6.42 Å². The average Bonchev–Trinajstić information content (AvgIpc) is 2.43. The zero-order chi connectivity index (χ0) is 15.0. The predicted octanol–water partition coefficient (Wildman–Crippen LogP) is 3.26. The molecule has 4 fully saturated rings. The Balaban J connectivity index is 1.52. The highest BCUT2D eigenvalue weighted by atomic mass is 32.2. The third-order valence-electron chi connectivity index (χ3n) is 5.24. The number of esters is 1. The summed E-state index contributed by atoms with van der Waals surface area (Å²) < 4.78 is 35.0. The minimum absolute atomic E-state index is 0.0454. The van der Waals surface area contributed by atoms with Gasteiger partial charge in [0.15, 0.2) is 0 Å². The quantitative estimate of drug-likeness (QED) is 0.350. The van der Waals surface area contributed by atoms with E-state index in [1.807, 2.05) is 0 Å².